The molecule has 0 atom stereocenters. The number of hydrogen-bond acceptors (Lipinski definition) is 6. The molecule has 1 fully saturated rings. The summed E-state index contributed by atoms with van der Waals surface area (Å²) in [6.07, 6.45) is 1.51. The maximum Gasteiger partial charge on any atom is 0.261 e. The second-order valence-corrected chi connectivity index (χ2v) is 6.38. The number of imide groups is 1. The molecule has 8 nitrogen and oxygen atoms in total. The fourth-order valence-electron chi connectivity index (χ4n) is 3.04. The van der Waals surface area contributed by atoms with Crippen LogP contribution in [0.15, 0.2) is 42.0 Å². The molecule has 1 aliphatic rings. The predicted molar refractivity (Wildman–Crippen MR) is 107 cm³/mol. The van der Waals surface area contributed by atoms with Crippen LogP contribution >= 0.6 is 0 Å². The first-order valence-corrected chi connectivity index (χ1v) is 8.74. The van der Waals surface area contributed by atoms with Crippen molar-refractivity contribution in [1.29, 1.82) is 0 Å². The summed E-state index contributed by atoms with van der Waals surface area (Å²) in [5.74, 6) is -0.765. The fourth-order valence-corrected chi connectivity index (χ4v) is 3.04. The van der Waals surface area contributed by atoms with Gasteiger partial charge in [-0.05, 0) is 48.0 Å². The Hall–Kier alpha value is -3.81. The monoisotopic (exact) mass is 396 g/mol. The predicted octanol–water partition coefficient (Wildman–Crippen LogP) is 2.71. The Morgan fingerprint density at radius 3 is 2.21 bits per heavy atom. The summed E-state index contributed by atoms with van der Waals surface area (Å²) >= 11 is 0. The SMILES string of the molecule is COc1cc(C=C2CC(=O)N(c3ccc(NC(C)=O)cc3)C2=O)cc(OC)c1O. The normalized spacial score (nSPS) is 15.0. The summed E-state index contributed by atoms with van der Waals surface area (Å²) in [7, 11) is 2.81. The van der Waals surface area contributed by atoms with Gasteiger partial charge in [0.1, 0.15) is 0 Å². The highest BCUT2D eigenvalue weighted by molar-refractivity contribution is 6.29. The summed E-state index contributed by atoms with van der Waals surface area (Å²) in [6, 6.07) is 9.53. The molecule has 8 heteroatoms. The van der Waals surface area contributed by atoms with Gasteiger partial charge in [-0.1, -0.05) is 0 Å². The summed E-state index contributed by atoms with van der Waals surface area (Å²) in [5, 5.41) is 12.6. The van der Waals surface area contributed by atoms with E-state index in [1.807, 2.05) is 0 Å². The smallest absolute Gasteiger partial charge is 0.261 e. The average molecular weight is 396 g/mol. The molecule has 3 rings (SSSR count). The number of ether oxygens (including phenoxy) is 2. The Bertz CT molecular complexity index is 985. The topological polar surface area (TPSA) is 105 Å². The molecule has 3 amide bonds. The molecule has 150 valence electrons. The van der Waals surface area contributed by atoms with E-state index in [9.17, 15) is 19.5 Å². The maximum atomic E-state index is 12.8. The molecular weight excluding hydrogens is 376 g/mol. The van der Waals surface area contributed by atoms with Crippen LogP contribution in [-0.2, 0) is 14.4 Å². The van der Waals surface area contributed by atoms with Gasteiger partial charge in [0, 0.05) is 18.2 Å². The molecule has 0 unspecified atom stereocenters. The van der Waals surface area contributed by atoms with Crippen LogP contribution in [0.2, 0.25) is 0 Å². The zero-order chi connectivity index (χ0) is 21.1. The standard InChI is InChI=1S/C21H20N2O6/c1-12(24)22-15-4-6-16(7-5-15)23-19(25)11-14(21(23)27)8-13-9-17(28-2)20(26)18(10-13)29-3/h4-10,26H,11H2,1-3H3,(H,22,24). The van der Waals surface area contributed by atoms with Crippen LogP contribution < -0.4 is 19.7 Å². The van der Waals surface area contributed by atoms with E-state index in [4.69, 9.17) is 9.47 Å². The zero-order valence-corrected chi connectivity index (χ0v) is 16.2. The third-order valence-corrected chi connectivity index (χ3v) is 4.36. The third kappa shape index (κ3) is 4.06. The highest BCUT2D eigenvalue weighted by Gasteiger charge is 2.35. The van der Waals surface area contributed by atoms with Crippen molar-refractivity contribution in [2.45, 2.75) is 13.3 Å². The number of phenols is 1. The van der Waals surface area contributed by atoms with E-state index in [1.165, 1.54) is 21.1 Å². The molecular formula is C21H20N2O6. The van der Waals surface area contributed by atoms with Crippen molar-refractivity contribution in [3.63, 3.8) is 0 Å². The largest absolute Gasteiger partial charge is 0.502 e. The lowest BCUT2D eigenvalue weighted by Crippen LogP contribution is -2.28. The third-order valence-electron chi connectivity index (χ3n) is 4.36. The Labute approximate surface area is 167 Å². The number of aromatic hydroxyl groups is 1. The Kier molecular flexibility index (Phi) is 5.54. The van der Waals surface area contributed by atoms with Crippen LogP contribution in [-0.4, -0.2) is 37.0 Å². The van der Waals surface area contributed by atoms with Crippen LogP contribution in [0.5, 0.6) is 17.2 Å². The van der Waals surface area contributed by atoms with Crippen molar-refractivity contribution in [2.75, 3.05) is 24.4 Å². The molecule has 0 radical (unpaired) electrons. The fraction of sp³-hybridized carbons (Fsp3) is 0.190. The van der Waals surface area contributed by atoms with Crippen LogP contribution in [0, 0.1) is 0 Å². The lowest BCUT2D eigenvalue weighted by atomic mass is 10.1. The molecule has 1 aliphatic heterocycles. The minimum atomic E-state index is -0.437. The van der Waals surface area contributed by atoms with E-state index >= 15 is 0 Å². The van der Waals surface area contributed by atoms with Gasteiger partial charge in [0.05, 0.1) is 26.3 Å². The van der Waals surface area contributed by atoms with Crippen LogP contribution in [0.1, 0.15) is 18.9 Å². The van der Waals surface area contributed by atoms with Gasteiger partial charge in [-0.25, -0.2) is 4.90 Å². The first kappa shape index (κ1) is 19.9. The molecule has 0 saturated carbocycles. The molecule has 29 heavy (non-hydrogen) atoms. The summed E-state index contributed by atoms with van der Waals surface area (Å²) < 4.78 is 10.2. The van der Waals surface area contributed by atoms with Gasteiger partial charge in [-0.3, -0.25) is 14.4 Å². The second kappa shape index (κ2) is 8.05. The van der Waals surface area contributed by atoms with Crippen molar-refractivity contribution in [2.24, 2.45) is 0 Å². The number of benzene rings is 2. The van der Waals surface area contributed by atoms with Gasteiger partial charge >= 0.3 is 0 Å². The number of carbonyl (C=O) groups excluding carboxylic acids is 3. The van der Waals surface area contributed by atoms with Crippen molar-refractivity contribution < 1.29 is 29.0 Å². The van der Waals surface area contributed by atoms with E-state index in [2.05, 4.69) is 5.32 Å². The minimum absolute atomic E-state index is 0.0577. The lowest BCUT2D eigenvalue weighted by Gasteiger charge is -2.14. The van der Waals surface area contributed by atoms with Crippen molar-refractivity contribution >= 4 is 35.2 Å². The molecule has 1 saturated heterocycles. The van der Waals surface area contributed by atoms with Crippen LogP contribution in [0.4, 0.5) is 11.4 Å². The number of phenolic OH excluding ortho intramolecular Hbond substituents is 1. The van der Waals surface area contributed by atoms with Gasteiger partial charge in [-0.2, -0.15) is 0 Å². The number of methoxy groups -OCH3 is 2. The number of nitrogens with one attached hydrogen (secondary N) is 1. The van der Waals surface area contributed by atoms with Crippen LogP contribution in [0.25, 0.3) is 6.08 Å². The molecule has 1 heterocycles. The number of hydrogen-bond donors (Lipinski definition) is 2. The lowest BCUT2D eigenvalue weighted by molar-refractivity contribution is -0.120. The van der Waals surface area contributed by atoms with Gasteiger partial charge in [0.25, 0.3) is 5.91 Å². The summed E-state index contributed by atoms with van der Waals surface area (Å²) in [4.78, 5) is 37.5. The summed E-state index contributed by atoms with van der Waals surface area (Å²) in [5.41, 5.74) is 1.84. The minimum Gasteiger partial charge on any atom is -0.502 e. The van der Waals surface area contributed by atoms with E-state index < -0.39 is 5.91 Å². The number of carbonyl (C=O) groups is 3. The Morgan fingerprint density at radius 2 is 1.69 bits per heavy atom. The molecule has 2 aromatic carbocycles. The number of nitrogens with zero attached hydrogens (tertiary/aromatic N) is 1. The zero-order valence-electron chi connectivity index (χ0n) is 16.2. The van der Waals surface area contributed by atoms with Gasteiger partial charge in [-0.15, -0.1) is 0 Å². The quantitative estimate of drug-likeness (QED) is 0.595. The van der Waals surface area contributed by atoms with E-state index in [-0.39, 0.29) is 35.5 Å². The Balaban J connectivity index is 1.90. The van der Waals surface area contributed by atoms with Gasteiger partial charge in [0.2, 0.25) is 17.6 Å². The second-order valence-electron chi connectivity index (χ2n) is 6.38. The highest BCUT2D eigenvalue weighted by atomic mass is 16.5. The first-order chi connectivity index (χ1) is 13.8. The number of rotatable bonds is 5. The molecule has 0 spiro atoms. The molecule has 0 aromatic heterocycles. The van der Waals surface area contributed by atoms with E-state index in [0.29, 0.717) is 22.5 Å². The average Bonchev–Trinajstić information content (AvgIpc) is 2.96. The molecule has 2 N–H and O–H groups in total. The summed E-state index contributed by atoms with van der Waals surface area (Å²) in [6.45, 7) is 1.39. The number of anilines is 2. The molecule has 0 bridgehead atoms. The van der Waals surface area contributed by atoms with E-state index in [0.717, 1.165) is 4.90 Å². The van der Waals surface area contributed by atoms with E-state index in [1.54, 1.807) is 42.5 Å². The highest BCUT2D eigenvalue weighted by Crippen LogP contribution is 2.38. The van der Waals surface area contributed by atoms with Crippen LogP contribution in [0.3, 0.4) is 0 Å². The maximum absolute atomic E-state index is 12.8. The van der Waals surface area contributed by atoms with Gasteiger partial charge < -0.3 is 19.9 Å². The van der Waals surface area contributed by atoms with Gasteiger partial charge in [0.15, 0.2) is 11.5 Å². The Morgan fingerprint density at radius 1 is 1.10 bits per heavy atom. The number of amides is 3. The molecule has 0 aliphatic carbocycles. The van der Waals surface area contributed by atoms with Crippen molar-refractivity contribution in [3.05, 3.63) is 47.5 Å². The first-order valence-electron chi connectivity index (χ1n) is 8.74. The van der Waals surface area contributed by atoms with Crippen molar-refractivity contribution in [1.82, 2.24) is 0 Å². The molecule has 2 aromatic rings. The van der Waals surface area contributed by atoms with Crippen molar-refractivity contribution in [3.8, 4) is 17.2 Å².